The largest absolute Gasteiger partial charge is 0.309 e. The lowest BCUT2D eigenvalue weighted by Gasteiger charge is -2.16. The van der Waals surface area contributed by atoms with Gasteiger partial charge in [-0.05, 0) is 190 Å². The van der Waals surface area contributed by atoms with Gasteiger partial charge in [-0.3, -0.25) is 0 Å². The first-order valence-electron chi connectivity index (χ1n) is 45.3. The summed E-state index contributed by atoms with van der Waals surface area (Å²) >= 11 is 0. The lowest BCUT2D eigenvalue weighted by atomic mass is 9.88. The van der Waals surface area contributed by atoms with Crippen molar-refractivity contribution in [3.8, 4) is 50.7 Å². The fourth-order valence-corrected chi connectivity index (χ4v) is 22.4. The molecular weight excluding hydrogens is 1580 g/mol. The molecule has 131 heavy (non-hydrogen) atoms. The maximum atomic E-state index is 2.49. The summed E-state index contributed by atoms with van der Waals surface area (Å²) in [4.78, 5) is 0. The number of aromatic nitrogens is 5. The van der Waals surface area contributed by atoms with Gasteiger partial charge < -0.3 is 22.8 Å². The Labute approximate surface area is 753 Å². The van der Waals surface area contributed by atoms with Crippen LogP contribution in [0.4, 0.5) is 0 Å². The van der Waals surface area contributed by atoms with E-state index >= 15 is 0 Å². The Hall–Kier alpha value is -17.4. The van der Waals surface area contributed by atoms with Crippen molar-refractivity contribution in [1.82, 2.24) is 22.8 Å². The first kappa shape index (κ1) is 73.9. The molecule has 0 spiro atoms. The minimum absolute atomic E-state index is 1.15. The van der Waals surface area contributed by atoms with Crippen LogP contribution >= 0.6 is 0 Å². The molecule has 0 amide bonds. The maximum Gasteiger partial charge on any atom is 0.0626 e. The minimum Gasteiger partial charge on any atom is -0.309 e. The van der Waals surface area contributed by atoms with Gasteiger partial charge in [-0.1, -0.05) is 376 Å². The van der Waals surface area contributed by atoms with Gasteiger partial charge >= 0.3 is 0 Å². The van der Waals surface area contributed by atoms with Crippen LogP contribution in [0.25, 0.3) is 257 Å². The van der Waals surface area contributed by atoms with E-state index in [0.717, 1.165) is 17.1 Å². The van der Waals surface area contributed by atoms with Crippen molar-refractivity contribution in [2.45, 2.75) is 0 Å². The van der Waals surface area contributed by atoms with Crippen LogP contribution in [0, 0.1) is 0 Å². The molecule has 0 aliphatic heterocycles. The molecular formula is C126H79N5. The molecule has 0 saturated heterocycles. The smallest absolute Gasteiger partial charge is 0.0626 e. The van der Waals surface area contributed by atoms with Crippen molar-refractivity contribution in [2.75, 3.05) is 0 Å². The van der Waals surface area contributed by atoms with E-state index in [9.17, 15) is 0 Å². The third-order valence-corrected chi connectivity index (χ3v) is 27.9. The summed E-state index contributed by atoms with van der Waals surface area (Å²) in [6.45, 7) is 0. The Kier molecular flexibility index (Phi) is 16.7. The molecule has 0 unspecified atom stereocenters. The third kappa shape index (κ3) is 11.3. The van der Waals surface area contributed by atoms with Gasteiger partial charge in [-0.15, -0.1) is 0 Å². The van der Waals surface area contributed by atoms with Crippen molar-refractivity contribution in [3.63, 3.8) is 0 Å². The number of fused-ring (bicyclic) bond motifs is 36. The Balaban J connectivity index is 0.000000102. The van der Waals surface area contributed by atoms with Gasteiger partial charge in [-0.25, -0.2) is 0 Å². The normalized spacial score (nSPS) is 12.0. The van der Waals surface area contributed by atoms with Gasteiger partial charge in [-0.2, -0.15) is 0 Å². The molecule has 0 saturated carbocycles. The van der Waals surface area contributed by atoms with E-state index in [-0.39, 0.29) is 0 Å². The second-order valence-corrected chi connectivity index (χ2v) is 34.7. The zero-order chi connectivity index (χ0) is 85.9. The van der Waals surface area contributed by atoms with Crippen LogP contribution < -0.4 is 0 Å². The van der Waals surface area contributed by atoms with Crippen molar-refractivity contribution < 1.29 is 0 Å². The SMILES string of the molecule is c1cc(-n2c3ccccc3c3ccccc32)cc(-n2c3ccccc3c3c4c5ccccc5ccc4c4ccccc4c32)c1.c1ccc(-c2cc3c4ccccc4c4c(c5ccccc5n4-c4ccccc4)c3c3ccccc23)cc1.c1ccc2c(c1)ccc1c3ccccc3c3c(c4ccccc4n3-c3ccc(-c4ccc(-n5c6ccccc6c6ccccc65)cc4)cc3)c21. The molecule has 5 nitrogen and oxygen atoms in total. The quantitative estimate of drug-likeness (QED) is 0.142. The van der Waals surface area contributed by atoms with E-state index in [4.69, 9.17) is 0 Å². The number of hydrogen-bond acceptors (Lipinski definition) is 0. The van der Waals surface area contributed by atoms with E-state index < -0.39 is 0 Å². The number of rotatable bonds is 7. The molecule has 0 aliphatic rings. The predicted molar refractivity (Wildman–Crippen MR) is 559 cm³/mol. The lowest BCUT2D eigenvalue weighted by molar-refractivity contribution is 1.14. The van der Waals surface area contributed by atoms with Gasteiger partial charge in [0.15, 0.2) is 0 Å². The highest BCUT2D eigenvalue weighted by Crippen LogP contribution is 2.51. The van der Waals surface area contributed by atoms with Crippen molar-refractivity contribution >= 4 is 206 Å². The summed E-state index contributed by atoms with van der Waals surface area (Å²) < 4.78 is 12.2. The highest BCUT2D eigenvalue weighted by molar-refractivity contribution is 6.41. The fraction of sp³-hybridized carbons (Fsp3) is 0. The Morgan fingerprint density at radius 2 is 0.374 bits per heavy atom. The molecule has 5 heteroatoms. The first-order chi connectivity index (χ1) is 65.1. The van der Waals surface area contributed by atoms with Crippen LogP contribution in [0.2, 0.25) is 0 Å². The Bertz CT molecular complexity index is 9680. The first-order valence-corrected chi connectivity index (χ1v) is 45.3. The molecule has 0 fully saturated rings. The molecule has 5 heterocycles. The molecule has 24 aromatic carbocycles. The summed E-state index contributed by atoms with van der Waals surface area (Å²) in [7, 11) is 0. The molecule has 608 valence electrons. The molecule has 0 bridgehead atoms. The van der Waals surface area contributed by atoms with E-state index in [2.05, 4.69) is 502 Å². The number of nitrogens with zero attached hydrogens (tertiary/aromatic N) is 5. The van der Waals surface area contributed by atoms with E-state index in [1.165, 1.54) is 240 Å². The maximum absolute atomic E-state index is 2.49. The summed E-state index contributed by atoms with van der Waals surface area (Å²) in [5, 5.41) is 36.1. The second kappa shape index (κ2) is 29.6. The van der Waals surface area contributed by atoms with Gasteiger partial charge in [0, 0.05) is 115 Å². The molecule has 0 aliphatic carbocycles. The van der Waals surface area contributed by atoms with Crippen LogP contribution in [-0.2, 0) is 0 Å². The van der Waals surface area contributed by atoms with Crippen LogP contribution in [0.5, 0.6) is 0 Å². The van der Waals surface area contributed by atoms with Crippen LogP contribution in [-0.4, -0.2) is 22.8 Å². The van der Waals surface area contributed by atoms with E-state index in [1.54, 1.807) is 0 Å². The molecule has 0 atom stereocenters. The van der Waals surface area contributed by atoms with Crippen LogP contribution in [0.3, 0.4) is 0 Å². The molecule has 0 radical (unpaired) electrons. The fourth-order valence-electron chi connectivity index (χ4n) is 22.4. The monoisotopic (exact) mass is 1660 g/mol. The van der Waals surface area contributed by atoms with Gasteiger partial charge in [0.05, 0.1) is 55.2 Å². The summed E-state index contributed by atoms with van der Waals surface area (Å²) in [6.07, 6.45) is 0. The average molecular weight is 1660 g/mol. The summed E-state index contributed by atoms with van der Waals surface area (Å²) in [5.41, 5.74) is 23.1. The molecule has 0 N–H and O–H groups in total. The summed E-state index contributed by atoms with van der Waals surface area (Å²) in [5.74, 6) is 0. The number of para-hydroxylation sites is 8. The highest BCUT2D eigenvalue weighted by Gasteiger charge is 2.27. The predicted octanol–water partition coefficient (Wildman–Crippen LogP) is 34.3. The van der Waals surface area contributed by atoms with Crippen molar-refractivity contribution in [3.05, 3.63) is 479 Å². The number of hydrogen-bond donors (Lipinski definition) is 0. The lowest BCUT2D eigenvalue weighted by Crippen LogP contribution is -1.99. The third-order valence-electron chi connectivity index (χ3n) is 27.9. The van der Waals surface area contributed by atoms with Crippen LogP contribution in [0.15, 0.2) is 479 Å². The standard InChI is InChI=1S/C48H30N2.C42H26N2.C36H23N/c1-2-12-36-33(11-1)25-30-40-37-13-3-4-16-41(37)48-47(46(36)40)42-17-7-10-20-45(42)50(48)35-28-23-32(24-29-35)31-21-26-34(27-22-31)49-43-18-8-5-14-38(43)39-15-6-9-19-44(39)49;1-2-15-30-27(12-1)24-25-34-31-16-3-4-19-35(31)42-41(40(30)34)36-20-7-10-23-39(36)44(42)29-14-11-13-28(26-29)43-37-21-8-5-17-32(37)33-18-6-9-22-38(33)43;1-3-13-24(14-4-1)31-23-32-27-18-8-10-20-29(27)36-35(34(32)28-19-9-7-17-26(28)31)30-21-11-12-22-33(30)37(36)25-15-5-2-6-16-25/h1-30H;1-26H;1-23H. The van der Waals surface area contributed by atoms with Gasteiger partial charge in [0.1, 0.15) is 0 Å². The Morgan fingerprint density at radius 3 is 0.786 bits per heavy atom. The average Bonchev–Trinajstić information content (AvgIpc) is 1.57. The topological polar surface area (TPSA) is 24.6 Å². The second-order valence-electron chi connectivity index (χ2n) is 34.7. The molecule has 29 rings (SSSR count). The zero-order valence-electron chi connectivity index (χ0n) is 71.3. The highest BCUT2D eigenvalue weighted by atomic mass is 15.0. The van der Waals surface area contributed by atoms with Gasteiger partial charge in [0.2, 0.25) is 0 Å². The van der Waals surface area contributed by atoms with Crippen LogP contribution in [0.1, 0.15) is 0 Å². The van der Waals surface area contributed by atoms with Gasteiger partial charge in [0.25, 0.3) is 0 Å². The van der Waals surface area contributed by atoms with E-state index in [1.807, 2.05) is 0 Å². The van der Waals surface area contributed by atoms with Crippen molar-refractivity contribution in [2.24, 2.45) is 0 Å². The summed E-state index contributed by atoms with van der Waals surface area (Å²) in [6, 6.07) is 175. The minimum atomic E-state index is 1.15. The van der Waals surface area contributed by atoms with Crippen molar-refractivity contribution in [1.29, 1.82) is 0 Å². The number of benzene rings is 24. The Morgan fingerprint density at radius 1 is 0.115 bits per heavy atom. The molecule has 29 aromatic rings. The molecule has 5 aromatic heterocycles. The van der Waals surface area contributed by atoms with E-state index in [0.29, 0.717) is 0 Å². The zero-order valence-corrected chi connectivity index (χ0v) is 71.3.